The van der Waals surface area contributed by atoms with Gasteiger partial charge in [0.25, 0.3) is 5.91 Å². The topological polar surface area (TPSA) is 115 Å². The van der Waals surface area contributed by atoms with Gasteiger partial charge in [0.15, 0.2) is 0 Å². The molecular formula is C14H18N4O3. The van der Waals surface area contributed by atoms with Crippen molar-refractivity contribution in [2.75, 3.05) is 13.1 Å². The van der Waals surface area contributed by atoms with Crippen molar-refractivity contribution in [1.82, 2.24) is 10.3 Å². The number of para-hydroxylation sites is 1. The highest BCUT2D eigenvalue weighted by atomic mass is 16.3. The molecule has 0 fully saturated rings. The molecular weight excluding hydrogens is 272 g/mol. The first-order valence-electron chi connectivity index (χ1n) is 6.58. The van der Waals surface area contributed by atoms with Gasteiger partial charge < -0.3 is 10.2 Å². The maximum absolute atomic E-state index is 12.0. The summed E-state index contributed by atoms with van der Waals surface area (Å²) in [6.45, 7) is 2.89. The lowest BCUT2D eigenvalue weighted by molar-refractivity contribution is -0.119. The zero-order chi connectivity index (χ0) is 15.4. The van der Waals surface area contributed by atoms with Crippen molar-refractivity contribution in [3.63, 3.8) is 0 Å². The highest BCUT2D eigenvalue weighted by Crippen LogP contribution is 2.26. The molecule has 1 heterocycles. The molecule has 0 bridgehead atoms. The van der Waals surface area contributed by atoms with Crippen LogP contribution >= 0.6 is 0 Å². The molecule has 1 aromatic carbocycles. The van der Waals surface area contributed by atoms with E-state index < -0.39 is 11.8 Å². The monoisotopic (exact) mass is 290 g/mol. The molecule has 2 rings (SSSR count). The third-order valence-corrected chi connectivity index (χ3v) is 3.22. The molecule has 7 nitrogen and oxygen atoms in total. The highest BCUT2D eigenvalue weighted by Gasteiger charge is 2.21. The SMILES string of the molecule is CCN(CC(N)=O)Cc1oc2ccccc2c1C(=O)NN. The number of furan rings is 1. The Morgan fingerprint density at radius 2 is 2.05 bits per heavy atom. The van der Waals surface area contributed by atoms with Crippen LogP contribution in [0.2, 0.25) is 0 Å². The van der Waals surface area contributed by atoms with Crippen molar-refractivity contribution in [1.29, 1.82) is 0 Å². The number of carbonyl (C=O) groups is 2. The number of hydrazine groups is 1. The molecule has 0 spiro atoms. The van der Waals surface area contributed by atoms with Crippen LogP contribution in [0.25, 0.3) is 11.0 Å². The van der Waals surface area contributed by atoms with Crippen molar-refractivity contribution in [2.45, 2.75) is 13.5 Å². The molecule has 21 heavy (non-hydrogen) atoms. The summed E-state index contributed by atoms with van der Waals surface area (Å²) in [4.78, 5) is 24.8. The molecule has 0 saturated heterocycles. The Balaban J connectivity index is 2.42. The molecule has 0 saturated carbocycles. The van der Waals surface area contributed by atoms with Crippen molar-refractivity contribution in [2.24, 2.45) is 11.6 Å². The average molecular weight is 290 g/mol. The van der Waals surface area contributed by atoms with Gasteiger partial charge in [0.1, 0.15) is 11.3 Å². The molecule has 0 aliphatic rings. The molecule has 112 valence electrons. The van der Waals surface area contributed by atoms with Crippen LogP contribution in [-0.2, 0) is 11.3 Å². The summed E-state index contributed by atoms with van der Waals surface area (Å²) in [6.07, 6.45) is 0. The summed E-state index contributed by atoms with van der Waals surface area (Å²) in [5.74, 6) is 4.84. The molecule has 0 unspecified atom stereocenters. The zero-order valence-electron chi connectivity index (χ0n) is 11.8. The van der Waals surface area contributed by atoms with Crippen LogP contribution in [0.3, 0.4) is 0 Å². The lowest BCUT2D eigenvalue weighted by Crippen LogP contribution is -2.34. The second-order valence-electron chi connectivity index (χ2n) is 4.64. The van der Waals surface area contributed by atoms with Gasteiger partial charge in [0.05, 0.1) is 18.7 Å². The quantitative estimate of drug-likeness (QED) is 0.403. The summed E-state index contributed by atoms with van der Waals surface area (Å²) in [5, 5.41) is 0.686. The largest absolute Gasteiger partial charge is 0.459 e. The Kier molecular flexibility index (Phi) is 4.56. The van der Waals surface area contributed by atoms with Gasteiger partial charge in [-0.15, -0.1) is 0 Å². The first-order chi connectivity index (χ1) is 10.1. The van der Waals surface area contributed by atoms with E-state index in [0.717, 1.165) is 0 Å². The van der Waals surface area contributed by atoms with Gasteiger partial charge in [-0.1, -0.05) is 25.1 Å². The maximum Gasteiger partial charge on any atom is 0.269 e. The molecule has 2 amide bonds. The molecule has 0 atom stereocenters. The molecule has 2 aromatic rings. The number of benzene rings is 1. The predicted octanol–water partition coefficient (Wildman–Crippen LogP) is 0.344. The molecule has 5 N–H and O–H groups in total. The number of carbonyl (C=O) groups excluding carboxylic acids is 2. The molecule has 1 aromatic heterocycles. The van der Waals surface area contributed by atoms with E-state index in [1.54, 1.807) is 17.0 Å². The second kappa shape index (κ2) is 6.38. The fourth-order valence-corrected chi connectivity index (χ4v) is 2.23. The van der Waals surface area contributed by atoms with Crippen molar-refractivity contribution in [3.05, 3.63) is 35.6 Å². The number of nitrogens with one attached hydrogen (secondary N) is 1. The maximum atomic E-state index is 12.0. The summed E-state index contributed by atoms with van der Waals surface area (Å²) < 4.78 is 5.73. The number of nitrogens with two attached hydrogens (primary N) is 2. The first-order valence-corrected chi connectivity index (χ1v) is 6.58. The number of nitrogen functional groups attached to an aromatic ring is 1. The molecule has 0 aliphatic heterocycles. The Bertz CT molecular complexity index is 665. The van der Waals surface area contributed by atoms with E-state index in [2.05, 4.69) is 5.43 Å². The first kappa shape index (κ1) is 15.0. The number of hydrogen-bond acceptors (Lipinski definition) is 5. The summed E-state index contributed by atoms with van der Waals surface area (Å²) in [7, 11) is 0. The van der Waals surface area contributed by atoms with E-state index in [9.17, 15) is 9.59 Å². The minimum atomic E-state index is -0.433. The number of primary amides is 1. The third kappa shape index (κ3) is 3.21. The fourth-order valence-electron chi connectivity index (χ4n) is 2.23. The number of nitrogens with zero attached hydrogens (tertiary/aromatic N) is 1. The van der Waals surface area contributed by atoms with E-state index in [4.69, 9.17) is 16.0 Å². The van der Waals surface area contributed by atoms with Gasteiger partial charge in [-0.25, -0.2) is 5.84 Å². The van der Waals surface area contributed by atoms with E-state index in [0.29, 0.717) is 35.4 Å². The van der Waals surface area contributed by atoms with Gasteiger partial charge in [-0.2, -0.15) is 0 Å². The summed E-state index contributed by atoms with van der Waals surface area (Å²) in [6, 6.07) is 7.20. The Morgan fingerprint density at radius 1 is 1.33 bits per heavy atom. The van der Waals surface area contributed by atoms with E-state index in [1.807, 2.05) is 19.1 Å². The van der Waals surface area contributed by atoms with Crippen LogP contribution in [-0.4, -0.2) is 29.8 Å². The van der Waals surface area contributed by atoms with Crippen LogP contribution in [0.15, 0.2) is 28.7 Å². The standard InChI is InChI=1S/C14H18N4O3/c1-2-18(8-12(15)19)7-11-13(14(20)17-16)9-5-3-4-6-10(9)21-11/h3-6H,2,7-8,16H2,1H3,(H2,15,19)(H,17,20). The van der Waals surface area contributed by atoms with Gasteiger partial charge in [0, 0.05) is 5.39 Å². The van der Waals surface area contributed by atoms with E-state index >= 15 is 0 Å². The zero-order valence-corrected chi connectivity index (χ0v) is 11.8. The Labute approximate surface area is 121 Å². The van der Waals surface area contributed by atoms with Crippen molar-refractivity contribution in [3.8, 4) is 0 Å². The normalized spacial score (nSPS) is 11.0. The number of amides is 2. The molecule has 0 radical (unpaired) electrons. The van der Waals surface area contributed by atoms with Gasteiger partial charge in [-0.3, -0.25) is 19.9 Å². The van der Waals surface area contributed by atoms with Gasteiger partial charge >= 0.3 is 0 Å². The smallest absolute Gasteiger partial charge is 0.269 e. The molecule has 0 aliphatic carbocycles. The lowest BCUT2D eigenvalue weighted by Gasteiger charge is -2.17. The molecule has 7 heteroatoms. The van der Waals surface area contributed by atoms with Crippen LogP contribution in [0, 0.1) is 0 Å². The number of rotatable bonds is 6. The minimum Gasteiger partial charge on any atom is -0.459 e. The second-order valence-corrected chi connectivity index (χ2v) is 4.64. The Morgan fingerprint density at radius 3 is 2.67 bits per heavy atom. The van der Waals surface area contributed by atoms with E-state index in [-0.39, 0.29) is 6.54 Å². The minimum absolute atomic E-state index is 0.0945. The van der Waals surface area contributed by atoms with Crippen molar-refractivity contribution < 1.29 is 14.0 Å². The van der Waals surface area contributed by atoms with Crippen LogP contribution < -0.4 is 17.0 Å². The number of likely N-dealkylation sites (N-methyl/N-ethyl adjacent to an activating group) is 1. The summed E-state index contributed by atoms with van der Waals surface area (Å²) in [5.41, 5.74) is 8.32. The van der Waals surface area contributed by atoms with E-state index in [1.165, 1.54) is 0 Å². The van der Waals surface area contributed by atoms with Crippen LogP contribution in [0.5, 0.6) is 0 Å². The summed E-state index contributed by atoms with van der Waals surface area (Å²) >= 11 is 0. The highest BCUT2D eigenvalue weighted by molar-refractivity contribution is 6.07. The van der Waals surface area contributed by atoms with Gasteiger partial charge in [-0.05, 0) is 12.6 Å². The Hall–Kier alpha value is -2.38. The van der Waals surface area contributed by atoms with Gasteiger partial charge in [0.2, 0.25) is 5.91 Å². The number of hydrogen-bond donors (Lipinski definition) is 3. The average Bonchev–Trinajstić information content (AvgIpc) is 2.83. The number of fused-ring (bicyclic) bond motifs is 1. The van der Waals surface area contributed by atoms with Crippen molar-refractivity contribution >= 4 is 22.8 Å². The van der Waals surface area contributed by atoms with Crippen LogP contribution in [0.1, 0.15) is 23.0 Å². The third-order valence-electron chi connectivity index (χ3n) is 3.22. The lowest BCUT2D eigenvalue weighted by atomic mass is 10.1. The predicted molar refractivity (Wildman–Crippen MR) is 78.0 cm³/mol. The van der Waals surface area contributed by atoms with Crippen LogP contribution in [0.4, 0.5) is 0 Å². The fraction of sp³-hybridized carbons (Fsp3) is 0.286.